The molecule has 62 valence electrons. The molecule has 0 radical (unpaired) electrons. The maximum absolute atomic E-state index is 10.4. The van der Waals surface area contributed by atoms with Gasteiger partial charge in [-0.15, -0.1) is 0 Å². The normalized spacial score (nSPS) is 40.9. The van der Waals surface area contributed by atoms with E-state index in [1.165, 1.54) is 0 Å². The van der Waals surface area contributed by atoms with Crippen molar-refractivity contribution < 1.29 is 9.90 Å². The van der Waals surface area contributed by atoms with Gasteiger partial charge in [-0.1, -0.05) is 0 Å². The summed E-state index contributed by atoms with van der Waals surface area (Å²) >= 11 is 0. The van der Waals surface area contributed by atoms with Gasteiger partial charge in [0.05, 0.1) is 5.54 Å². The molecule has 2 unspecified atom stereocenters. The summed E-state index contributed by atoms with van der Waals surface area (Å²) in [7, 11) is 0. The number of carboxylic acid groups (broad SMARTS) is 1. The van der Waals surface area contributed by atoms with Crippen molar-refractivity contribution in [3.05, 3.63) is 0 Å². The maximum atomic E-state index is 10.4. The number of hydrogen-bond donors (Lipinski definition) is 3. The van der Waals surface area contributed by atoms with Crippen molar-refractivity contribution in [3.8, 4) is 0 Å². The molecule has 11 heavy (non-hydrogen) atoms. The summed E-state index contributed by atoms with van der Waals surface area (Å²) in [6.07, 6.45) is 1.27. The van der Waals surface area contributed by atoms with E-state index in [1.807, 2.05) is 0 Å². The third kappa shape index (κ3) is 0.894. The van der Waals surface area contributed by atoms with Crippen LogP contribution in [0.5, 0.6) is 0 Å². The lowest BCUT2D eigenvalue weighted by atomic mass is 9.69. The first-order chi connectivity index (χ1) is 5.23. The van der Waals surface area contributed by atoms with Crippen molar-refractivity contribution in [2.45, 2.75) is 18.4 Å². The summed E-state index contributed by atoms with van der Waals surface area (Å²) in [5, 5.41) is 14.4. The van der Waals surface area contributed by atoms with Gasteiger partial charge in [-0.05, 0) is 18.8 Å². The van der Waals surface area contributed by atoms with Crippen LogP contribution in [0.1, 0.15) is 12.8 Å². The second-order valence-corrected chi connectivity index (χ2v) is 3.45. The van der Waals surface area contributed by atoms with Gasteiger partial charge in [0, 0.05) is 13.1 Å². The van der Waals surface area contributed by atoms with Crippen LogP contribution in [0.15, 0.2) is 0 Å². The molecule has 1 amide bonds. The smallest absolute Gasteiger partial charge is 0.405 e. The molecule has 1 aliphatic carbocycles. The number of hydrogen-bond acceptors (Lipinski definition) is 2. The van der Waals surface area contributed by atoms with Gasteiger partial charge >= 0.3 is 6.09 Å². The lowest BCUT2D eigenvalue weighted by Gasteiger charge is -2.43. The Morgan fingerprint density at radius 2 is 2.55 bits per heavy atom. The fourth-order valence-electron chi connectivity index (χ4n) is 2.12. The van der Waals surface area contributed by atoms with E-state index in [2.05, 4.69) is 10.6 Å². The summed E-state index contributed by atoms with van der Waals surface area (Å²) < 4.78 is 0. The molecular weight excluding hydrogens is 144 g/mol. The first-order valence-electron chi connectivity index (χ1n) is 3.95. The Morgan fingerprint density at radius 3 is 3.00 bits per heavy atom. The molecule has 0 aromatic carbocycles. The molecule has 1 heterocycles. The average Bonchev–Trinajstić information content (AvgIpc) is 2.13. The van der Waals surface area contributed by atoms with E-state index >= 15 is 0 Å². The Balaban J connectivity index is 2.04. The Labute approximate surface area is 65.0 Å². The monoisotopic (exact) mass is 156 g/mol. The highest BCUT2D eigenvalue weighted by atomic mass is 16.4. The molecule has 2 fully saturated rings. The Hall–Kier alpha value is -0.770. The minimum atomic E-state index is -0.890. The van der Waals surface area contributed by atoms with Crippen molar-refractivity contribution in [1.82, 2.24) is 10.6 Å². The third-order valence-electron chi connectivity index (χ3n) is 2.91. The number of fused-ring (bicyclic) bond motifs is 1. The average molecular weight is 156 g/mol. The van der Waals surface area contributed by atoms with Crippen molar-refractivity contribution in [3.63, 3.8) is 0 Å². The summed E-state index contributed by atoms with van der Waals surface area (Å²) in [5.74, 6) is 0.540. The lowest BCUT2D eigenvalue weighted by Crippen LogP contribution is -2.59. The highest BCUT2D eigenvalue weighted by Crippen LogP contribution is 2.40. The molecule has 2 aliphatic rings. The van der Waals surface area contributed by atoms with Crippen LogP contribution in [-0.4, -0.2) is 29.8 Å². The Morgan fingerprint density at radius 1 is 1.73 bits per heavy atom. The van der Waals surface area contributed by atoms with Gasteiger partial charge in [-0.3, -0.25) is 0 Å². The largest absolute Gasteiger partial charge is 0.465 e. The minimum absolute atomic E-state index is 0.105. The molecule has 4 nitrogen and oxygen atoms in total. The molecule has 2 rings (SSSR count). The first-order valence-corrected chi connectivity index (χ1v) is 3.95. The quantitative estimate of drug-likeness (QED) is 0.501. The molecule has 1 saturated heterocycles. The molecule has 2 atom stereocenters. The zero-order valence-corrected chi connectivity index (χ0v) is 6.26. The van der Waals surface area contributed by atoms with Crippen LogP contribution < -0.4 is 10.6 Å². The van der Waals surface area contributed by atoms with Crippen molar-refractivity contribution in [2.75, 3.05) is 13.1 Å². The SMILES string of the molecule is O=C(O)NC12CCC1CNC2. The van der Waals surface area contributed by atoms with E-state index in [1.54, 1.807) is 0 Å². The lowest BCUT2D eigenvalue weighted by molar-refractivity contribution is 0.119. The fraction of sp³-hybridized carbons (Fsp3) is 0.857. The molecule has 3 N–H and O–H groups in total. The summed E-state index contributed by atoms with van der Waals surface area (Å²) in [5.41, 5.74) is -0.105. The zero-order chi connectivity index (χ0) is 7.90. The highest BCUT2D eigenvalue weighted by Gasteiger charge is 2.50. The molecule has 4 heteroatoms. The van der Waals surface area contributed by atoms with Gasteiger partial charge in [0.15, 0.2) is 0 Å². The van der Waals surface area contributed by atoms with Gasteiger partial charge in [-0.2, -0.15) is 0 Å². The van der Waals surface area contributed by atoms with Crippen molar-refractivity contribution >= 4 is 6.09 Å². The molecule has 0 bridgehead atoms. The van der Waals surface area contributed by atoms with Crippen LogP contribution in [0, 0.1) is 5.92 Å². The topological polar surface area (TPSA) is 61.4 Å². The summed E-state index contributed by atoms with van der Waals surface area (Å²) in [6.45, 7) is 1.78. The van der Waals surface area contributed by atoms with E-state index < -0.39 is 6.09 Å². The van der Waals surface area contributed by atoms with Crippen LogP contribution in [0.3, 0.4) is 0 Å². The predicted octanol–water partition coefficient (Wildman–Crippen LogP) is 0.00600. The van der Waals surface area contributed by atoms with Gasteiger partial charge < -0.3 is 15.7 Å². The molecule has 1 saturated carbocycles. The predicted molar refractivity (Wildman–Crippen MR) is 39.5 cm³/mol. The van der Waals surface area contributed by atoms with Crippen molar-refractivity contribution in [1.29, 1.82) is 0 Å². The molecular formula is C7H12N2O2. The molecule has 0 aromatic heterocycles. The van der Waals surface area contributed by atoms with Crippen LogP contribution in [-0.2, 0) is 0 Å². The maximum Gasteiger partial charge on any atom is 0.405 e. The summed E-state index contributed by atoms with van der Waals surface area (Å²) in [6, 6.07) is 0. The van der Waals surface area contributed by atoms with Crippen LogP contribution in [0.2, 0.25) is 0 Å². The number of rotatable bonds is 1. The fourth-order valence-corrected chi connectivity index (χ4v) is 2.12. The molecule has 1 aliphatic heterocycles. The van der Waals surface area contributed by atoms with E-state index in [0.29, 0.717) is 5.92 Å². The van der Waals surface area contributed by atoms with Gasteiger partial charge in [0.2, 0.25) is 0 Å². The Bertz CT molecular complexity index is 195. The number of nitrogens with one attached hydrogen (secondary N) is 2. The number of carbonyl (C=O) groups is 1. The van der Waals surface area contributed by atoms with Crippen LogP contribution in [0.4, 0.5) is 4.79 Å². The minimum Gasteiger partial charge on any atom is -0.465 e. The first kappa shape index (κ1) is 6.91. The molecule has 0 aromatic rings. The third-order valence-corrected chi connectivity index (χ3v) is 2.91. The summed E-state index contributed by atoms with van der Waals surface area (Å²) in [4.78, 5) is 10.4. The van der Waals surface area contributed by atoms with Crippen LogP contribution >= 0.6 is 0 Å². The second kappa shape index (κ2) is 2.11. The highest BCUT2D eigenvalue weighted by molar-refractivity contribution is 5.66. The Kier molecular flexibility index (Phi) is 1.32. The number of amides is 1. The van der Waals surface area contributed by atoms with Gasteiger partial charge in [0.25, 0.3) is 0 Å². The zero-order valence-electron chi connectivity index (χ0n) is 6.26. The second-order valence-electron chi connectivity index (χ2n) is 3.45. The molecule has 0 spiro atoms. The van der Waals surface area contributed by atoms with E-state index in [0.717, 1.165) is 25.9 Å². The van der Waals surface area contributed by atoms with Crippen LogP contribution in [0.25, 0.3) is 0 Å². The van der Waals surface area contributed by atoms with E-state index in [4.69, 9.17) is 5.11 Å². The van der Waals surface area contributed by atoms with E-state index in [-0.39, 0.29) is 5.54 Å². The van der Waals surface area contributed by atoms with Crippen molar-refractivity contribution in [2.24, 2.45) is 5.92 Å². The van der Waals surface area contributed by atoms with Gasteiger partial charge in [-0.25, -0.2) is 4.79 Å². The van der Waals surface area contributed by atoms with E-state index in [9.17, 15) is 4.79 Å². The van der Waals surface area contributed by atoms with Gasteiger partial charge in [0.1, 0.15) is 0 Å². The standard InChI is InChI=1S/C7H12N2O2/c10-6(11)9-7-2-1-5(7)3-8-4-7/h5,8-9H,1-4H2,(H,10,11).